The van der Waals surface area contributed by atoms with Crippen LogP contribution in [0.5, 0.6) is 5.75 Å². The first-order chi connectivity index (χ1) is 12.8. The molecule has 2 aromatic rings. The molecule has 0 saturated carbocycles. The molecule has 27 heavy (non-hydrogen) atoms. The Morgan fingerprint density at radius 1 is 1.26 bits per heavy atom. The molecule has 1 aliphatic heterocycles. The molecule has 0 radical (unpaired) electrons. The highest BCUT2D eigenvalue weighted by molar-refractivity contribution is 5.85. The van der Waals surface area contributed by atoms with E-state index in [1.54, 1.807) is 30.9 Å². The van der Waals surface area contributed by atoms with Crippen LogP contribution in [0.1, 0.15) is 36.0 Å². The Kier molecular flexibility index (Phi) is 5.21. The van der Waals surface area contributed by atoms with Crippen molar-refractivity contribution in [3.8, 4) is 5.75 Å². The second-order valence-corrected chi connectivity index (χ2v) is 7.10. The molecule has 1 atom stereocenters. The number of carbonyl (C=O) groups excluding carboxylic acids is 1. The summed E-state index contributed by atoms with van der Waals surface area (Å²) in [6.45, 7) is 4.25. The van der Waals surface area contributed by atoms with Crippen molar-refractivity contribution in [2.75, 3.05) is 13.1 Å². The van der Waals surface area contributed by atoms with Gasteiger partial charge in [-0.3, -0.25) is 9.59 Å². The number of carbonyl (C=O) groups is 2. The van der Waals surface area contributed by atoms with Gasteiger partial charge >= 0.3 is 11.6 Å². The zero-order valence-corrected chi connectivity index (χ0v) is 15.4. The predicted octanol–water partition coefficient (Wildman–Crippen LogP) is 2.37. The number of hydrogen-bond donors (Lipinski definition) is 2. The van der Waals surface area contributed by atoms with Crippen LogP contribution >= 0.6 is 0 Å². The Morgan fingerprint density at radius 3 is 2.70 bits per heavy atom. The summed E-state index contributed by atoms with van der Waals surface area (Å²) in [6, 6.07) is 3.25. The lowest BCUT2D eigenvalue weighted by atomic mass is 9.97. The van der Waals surface area contributed by atoms with Gasteiger partial charge in [0.1, 0.15) is 11.3 Å². The number of aromatic hydroxyl groups is 1. The minimum Gasteiger partial charge on any atom is -0.508 e. The van der Waals surface area contributed by atoms with Crippen LogP contribution in [0.3, 0.4) is 0 Å². The van der Waals surface area contributed by atoms with E-state index in [0.29, 0.717) is 36.1 Å². The molecule has 3 rings (SSSR count). The molecule has 0 spiro atoms. The van der Waals surface area contributed by atoms with Crippen molar-refractivity contribution >= 4 is 22.8 Å². The summed E-state index contributed by atoms with van der Waals surface area (Å²) in [5.41, 5.74) is 1.52. The van der Waals surface area contributed by atoms with Crippen LogP contribution in [0.25, 0.3) is 11.0 Å². The van der Waals surface area contributed by atoms with Crippen LogP contribution < -0.4 is 5.63 Å². The number of rotatable bonds is 4. The number of hydrogen-bond acceptors (Lipinski definition) is 5. The summed E-state index contributed by atoms with van der Waals surface area (Å²) in [6.07, 6.45) is 1.61. The third-order valence-electron chi connectivity index (χ3n) is 5.39. The number of benzene rings is 1. The van der Waals surface area contributed by atoms with Gasteiger partial charge in [0.05, 0.1) is 5.92 Å². The van der Waals surface area contributed by atoms with Crippen molar-refractivity contribution in [2.24, 2.45) is 5.92 Å². The maximum Gasteiger partial charge on any atom is 0.339 e. The smallest absolute Gasteiger partial charge is 0.339 e. The van der Waals surface area contributed by atoms with Crippen LogP contribution in [-0.2, 0) is 16.0 Å². The Balaban J connectivity index is 1.79. The molecule has 2 N–H and O–H groups in total. The van der Waals surface area contributed by atoms with Gasteiger partial charge in [0.15, 0.2) is 0 Å². The normalized spacial score (nSPS) is 17.3. The first-order valence-corrected chi connectivity index (χ1v) is 9.05. The van der Waals surface area contributed by atoms with Crippen LogP contribution in [-0.4, -0.2) is 40.1 Å². The number of piperidine rings is 1. The summed E-state index contributed by atoms with van der Waals surface area (Å²) in [4.78, 5) is 37.6. The maximum atomic E-state index is 12.5. The molecule has 7 heteroatoms. The highest BCUT2D eigenvalue weighted by Crippen LogP contribution is 2.28. The van der Waals surface area contributed by atoms with E-state index in [4.69, 9.17) is 9.52 Å². The van der Waals surface area contributed by atoms with Crippen LogP contribution in [0.15, 0.2) is 21.3 Å². The number of aliphatic carboxylic acids is 1. The van der Waals surface area contributed by atoms with Crippen molar-refractivity contribution in [3.63, 3.8) is 0 Å². The maximum absolute atomic E-state index is 12.5. The molecule has 1 aromatic carbocycles. The van der Waals surface area contributed by atoms with Crippen LogP contribution in [0.2, 0.25) is 0 Å². The molecular formula is C20H23NO6. The van der Waals surface area contributed by atoms with Gasteiger partial charge in [-0.15, -0.1) is 0 Å². The van der Waals surface area contributed by atoms with Crippen LogP contribution in [0.4, 0.5) is 0 Å². The number of fused-ring (bicyclic) bond motifs is 1. The summed E-state index contributed by atoms with van der Waals surface area (Å²) >= 11 is 0. The average Bonchev–Trinajstić information content (AvgIpc) is 2.64. The summed E-state index contributed by atoms with van der Waals surface area (Å²) < 4.78 is 5.39. The molecule has 7 nitrogen and oxygen atoms in total. The third kappa shape index (κ3) is 3.67. The molecule has 0 aliphatic carbocycles. The van der Waals surface area contributed by atoms with E-state index in [2.05, 4.69) is 0 Å². The first-order valence-electron chi connectivity index (χ1n) is 9.05. The van der Waals surface area contributed by atoms with Gasteiger partial charge in [0.25, 0.3) is 0 Å². The Labute approximate surface area is 156 Å². The van der Waals surface area contributed by atoms with Gasteiger partial charge in [0, 0.05) is 36.0 Å². The van der Waals surface area contributed by atoms with E-state index in [9.17, 15) is 19.5 Å². The monoisotopic (exact) mass is 373 g/mol. The molecule has 1 aliphatic rings. The fourth-order valence-corrected chi connectivity index (χ4v) is 3.66. The van der Waals surface area contributed by atoms with Crippen molar-refractivity contribution < 1.29 is 24.2 Å². The Bertz CT molecular complexity index is 961. The van der Waals surface area contributed by atoms with Gasteiger partial charge in [-0.05, 0) is 50.8 Å². The van der Waals surface area contributed by atoms with E-state index in [1.165, 1.54) is 0 Å². The number of carboxylic acid groups (broad SMARTS) is 1. The zero-order valence-electron chi connectivity index (χ0n) is 15.4. The van der Waals surface area contributed by atoms with Gasteiger partial charge < -0.3 is 19.5 Å². The Morgan fingerprint density at radius 2 is 2.00 bits per heavy atom. The quantitative estimate of drug-likeness (QED) is 0.797. The number of amides is 1. The van der Waals surface area contributed by atoms with Gasteiger partial charge in [-0.1, -0.05) is 0 Å². The highest BCUT2D eigenvalue weighted by atomic mass is 16.4. The second kappa shape index (κ2) is 7.42. The minimum absolute atomic E-state index is 0.0612. The molecule has 0 bridgehead atoms. The predicted molar refractivity (Wildman–Crippen MR) is 98.9 cm³/mol. The molecule has 2 heterocycles. The van der Waals surface area contributed by atoms with E-state index in [-0.39, 0.29) is 31.0 Å². The van der Waals surface area contributed by atoms with Crippen LogP contribution in [0, 0.1) is 19.8 Å². The summed E-state index contributed by atoms with van der Waals surface area (Å²) in [5.74, 6) is -1.49. The lowest BCUT2D eigenvalue weighted by Crippen LogP contribution is -2.42. The van der Waals surface area contributed by atoms with Crippen molar-refractivity contribution in [2.45, 2.75) is 39.5 Å². The molecule has 1 amide bonds. The lowest BCUT2D eigenvalue weighted by Gasteiger charge is -2.30. The van der Waals surface area contributed by atoms with E-state index in [1.807, 2.05) is 0 Å². The highest BCUT2D eigenvalue weighted by Gasteiger charge is 2.28. The van der Waals surface area contributed by atoms with Crippen molar-refractivity contribution in [1.29, 1.82) is 0 Å². The largest absolute Gasteiger partial charge is 0.508 e. The average molecular weight is 373 g/mol. The molecule has 1 saturated heterocycles. The van der Waals surface area contributed by atoms with Gasteiger partial charge in [-0.2, -0.15) is 0 Å². The van der Waals surface area contributed by atoms with Crippen molar-refractivity contribution in [1.82, 2.24) is 4.90 Å². The lowest BCUT2D eigenvalue weighted by molar-refractivity contribution is -0.145. The fourth-order valence-electron chi connectivity index (χ4n) is 3.66. The Hall–Kier alpha value is -2.83. The second-order valence-electron chi connectivity index (χ2n) is 7.10. The fraction of sp³-hybridized carbons (Fsp3) is 0.450. The van der Waals surface area contributed by atoms with E-state index in [0.717, 1.165) is 10.9 Å². The standard InChI is InChI=1S/C20H23NO6/c1-11-14-5-7-16(22)12(2)18(14)27-20(26)15(11)6-8-17(23)21-9-3-4-13(10-21)19(24)25/h5,7,13,22H,3-4,6,8-10H2,1-2H3,(H,24,25)/t13-/m1/s1. The number of phenols is 1. The van der Waals surface area contributed by atoms with E-state index >= 15 is 0 Å². The zero-order chi connectivity index (χ0) is 19.7. The van der Waals surface area contributed by atoms with Gasteiger partial charge in [0.2, 0.25) is 5.91 Å². The summed E-state index contributed by atoms with van der Waals surface area (Å²) in [5, 5.41) is 19.7. The molecule has 1 fully saturated rings. The topological polar surface area (TPSA) is 108 Å². The SMILES string of the molecule is Cc1c(CCC(=O)N2CCC[C@@H](C(=O)O)C2)c(=O)oc2c(C)c(O)ccc12. The van der Waals surface area contributed by atoms with Gasteiger partial charge in [-0.25, -0.2) is 4.79 Å². The van der Waals surface area contributed by atoms with Crippen molar-refractivity contribution in [3.05, 3.63) is 39.2 Å². The molecule has 1 aromatic heterocycles. The minimum atomic E-state index is -0.878. The number of carboxylic acids is 1. The number of aryl methyl sites for hydroxylation is 2. The number of likely N-dealkylation sites (tertiary alicyclic amines) is 1. The number of phenolic OH excluding ortho intramolecular Hbond substituents is 1. The first kappa shape index (κ1) is 18.9. The third-order valence-corrected chi connectivity index (χ3v) is 5.39. The molecule has 0 unspecified atom stereocenters. The molecular weight excluding hydrogens is 350 g/mol. The number of nitrogens with zero attached hydrogens (tertiary/aromatic N) is 1. The van der Waals surface area contributed by atoms with E-state index < -0.39 is 17.5 Å². The summed E-state index contributed by atoms with van der Waals surface area (Å²) in [7, 11) is 0. The molecule has 144 valence electrons.